The first-order valence-corrected chi connectivity index (χ1v) is 11.3. The van der Waals surface area contributed by atoms with Crippen molar-refractivity contribution in [3.05, 3.63) is 47.8 Å². The standard InChI is InChI=1S/C18H30Si2/c1-13(2)19(14(3)4)17-11-9-10-12-18(17)20(15(5)6)16(7)8/h9-12,14,16,19-20H,1,5H2,2-4,6-8H3. The summed E-state index contributed by atoms with van der Waals surface area (Å²) < 4.78 is 0. The zero-order chi connectivity index (χ0) is 15.4. The summed E-state index contributed by atoms with van der Waals surface area (Å²) in [4.78, 5) is 0. The fraction of sp³-hybridized carbons (Fsp3) is 0.444. The maximum Gasteiger partial charge on any atom is 0.0988 e. The fourth-order valence-electron chi connectivity index (χ4n) is 3.46. The van der Waals surface area contributed by atoms with Crippen molar-refractivity contribution >= 4 is 28.0 Å². The lowest BCUT2D eigenvalue weighted by Crippen LogP contribution is -2.51. The summed E-state index contributed by atoms with van der Waals surface area (Å²) in [7, 11) is -2.23. The molecule has 0 bridgehead atoms. The zero-order valence-electron chi connectivity index (χ0n) is 14.0. The summed E-state index contributed by atoms with van der Waals surface area (Å²) in [6.07, 6.45) is 0. The molecule has 0 aliphatic rings. The van der Waals surface area contributed by atoms with E-state index in [1.807, 2.05) is 0 Å². The highest BCUT2D eigenvalue weighted by molar-refractivity contribution is 6.90. The third-order valence-electron chi connectivity index (χ3n) is 4.06. The Kier molecular flexibility index (Phi) is 6.21. The monoisotopic (exact) mass is 302 g/mol. The minimum Gasteiger partial charge on any atom is -0.104 e. The van der Waals surface area contributed by atoms with Crippen molar-refractivity contribution in [2.75, 3.05) is 0 Å². The Morgan fingerprint density at radius 1 is 0.800 bits per heavy atom. The van der Waals surface area contributed by atoms with Crippen molar-refractivity contribution in [2.24, 2.45) is 0 Å². The lowest BCUT2D eigenvalue weighted by molar-refractivity contribution is 1.04. The molecule has 0 nitrogen and oxygen atoms in total. The molecule has 0 aliphatic heterocycles. The summed E-state index contributed by atoms with van der Waals surface area (Å²) in [5, 5.41) is 6.07. The van der Waals surface area contributed by atoms with Crippen LogP contribution < -0.4 is 10.4 Å². The van der Waals surface area contributed by atoms with Crippen LogP contribution >= 0.6 is 0 Å². The quantitative estimate of drug-likeness (QED) is 0.704. The molecule has 20 heavy (non-hydrogen) atoms. The maximum absolute atomic E-state index is 4.30. The maximum atomic E-state index is 4.30. The van der Waals surface area contributed by atoms with Crippen LogP contribution in [0.15, 0.2) is 47.8 Å². The van der Waals surface area contributed by atoms with Gasteiger partial charge in [-0.2, -0.15) is 0 Å². The molecule has 0 aliphatic carbocycles. The Hall–Kier alpha value is -0.866. The molecule has 110 valence electrons. The van der Waals surface area contributed by atoms with Gasteiger partial charge in [0.05, 0.1) is 17.6 Å². The van der Waals surface area contributed by atoms with E-state index >= 15 is 0 Å². The van der Waals surface area contributed by atoms with Gasteiger partial charge in [-0.05, 0) is 24.9 Å². The first-order valence-electron chi connectivity index (χ1n) is 7.67. The van der Waals surface area contributed by atoms with Gasteiger partial charge in [-0.25, -0.2) is 0 Å². The smallest absolute Gasteiger partial charge is 0.0988 e. The van der Waals surface area contributed by atoms with Crippen molar-refractivity contribution in [3.8, 4) is 0 Å². The molecule has 1 rings (SSSR count). The number of hydrogen-bond acceptors (Lipinski definition) is 0. The van der Waals surface area contributed by atoms with Crippen molar-refractivity contribution in [3.63, 3.8) is 0 Å². The van der Waals surface area contributed by atoms with Crippen LogP contribution in [0.4, 0.5) is 0 Å². The third-order valence-corrected chi connectivity index (χ3v) is 11.6. The molecule has 1 aromatic carbocycles. The van der Waals surface area contributed by atoms with Gasteiger partial charge in [0.25, 0.3) is 0 Å². The predicted molar refractivity (Wildman–Crippen MR) is 99.8 cm³/mol. The van der Waals surface area contributed by atoms with Crippen LogP contribution in [-0.2, 0) is 0 Å². The second-order valence-corrected chi connectivity index (χ2v) is 14.6. The first kappa shape index (κ1) is 17.2. The van der Waals surface area contributed by atoms with Crippen LogP contribution in [0.3, 0.4) is 0 Å². The number of allylic oxidation sites excluding steroid dienone is 2. The lowest BCUT2D eigenvalue weighted by Gasteiger charge is -2.28. The molecule has 0 amide bonds. The van der Waals surface area contributed by atoms with E-state index in [-0.39, 0.29) is 0 Å². The second-order valence-electron chi connectivity index (χ2n) is 6.76. The molecule has 2 unspecified atom stereocenters. The summed E-state index contributed by atoms with van der Waals surface area (Å²) in [5.41, 5.74) is 1.45. The van der Waals surface area contributed by atoms with Crippen LogP contribution in [0.5, 0.6) is 0 Å². The van der Waals surface area contributed by atoms with Crippen LogP contribution in [0, 0.1) is 0 Å². The van der Waals surface area contributed by atoms with Gasteiger partial charge in [0, 0.05) is 0 Å². The molecule has 0 saturated heterocycles. The Bertz CT molecular complexity index is 441. The number of rotatable bonds is 6. The Morgan fingerprint density at radius 3 is 1.30 bits per heavy atom. The molecule has 0 saturated carbocycles. The molecular formula is C18H30Si2. The number of hydrogen-bond donors (Lipinski definition) is 0. The van der Waals surface area contributed by atoms with Crippen LogP contribution in [0.2, 0.25) is 11.1 Å². The highest BCUT2D eigenvalue weighted by Crippen LogP contribution is 2.17. The minimum atomic E-state index is -1.12. The Morgan fingerprint density at radius 2 is 1.10 bits per heavy atom. The molecule has 2 atom stereocenters. The van der Waals surface area contributed by atoms with E-state index in [9.17, 15) is 0 Å². The van der Waals surface area contributed by atoms with E-state index in [4.69, 9.17) is 0 Å². The van der Waals surface area contributed by atoms with E-state index < -0.39 is 17.6 Å². The van der Waals surface area contributed by atoms with Gasteiger partial charge in [0.2, 0.25) is 0 Å². The fourth-order valence-corrected chi connectivity index (χ4v) is 10.9. The summed E-state index contributed by atoms with van der Waals surface area (Å²) in [6, 6.07) is 9.14. The number of benzene rings is 1. The molecule has 0 spiro atoms. The lowest BCUT2D eigenvalue weighted by atomic mass is 10.4. The largest absolute Gasteiger partial charge is 0.104 e. The molecule has 0 radical (unpaired) electrons. The van der Waals surface area contributed by atoms with Gasteiger partial charge in [-0.1, -0.05) is 72.7 Å². The van der Waals surface area contributed by atoms with E-state index in [0.717, 1.165) is 11.1 Å². The molecular weight excluding hydrogens is 272 g/mol. The van der Waals surface area contributed by atoms with Crippen molar-refractivity contribution in [2.45, 2.75) is 52.6 Å². The average Bonchev–Trinajstić information content (AvgIpc) is 2.29. The summed E-state index contributed by atoms with van der Waals surface area (Å²) in [6.45, 7) is 22.5. The van der Waals surface area contributed by atoms with Gasteiger partial charge < -0.3 is 0 Å². The van der Waals surface area contributed by atoms with Gasteiger partial charge in [-0.15, -0.1) is 13.2 Å². The van der Waals surface area contributed by atoms with Crippen molar-refractivity contribution in [1.29, 1.82) is 0 Å². The van der Waals surface area contributed by atoms with Gasteiger partial charge in [0.15, 0.2) is 0 Å². The third kappa shape index (κ3) is 3.83. The van der Waals surface area contributed by atoms with Gasteiger partial charge in [-0.3, -0.25) is 0 Å². The van der Waals surface area contributed by atoms with Crippen molar-refractivity contribution < 1.29 is 0 Å². The molecule has 1 aromatic rings. The Balaban J connectivity index is 3.42. The normalized spacial score (nSPS) is 14.4. The second kappa shape index (κ2) is 7.23. The minimum absolute atomic E-state index is 0.723. The molecule has 0 fully saturated rings. The van der Waals surface area contributed by atoms with Gasteiger partial charge in [0.1, 0.15) is 0 Å². The highest BCUT2D eigenvalue weighted by Gasteiger charge is 2.27. The van der Waals surface area contributed by atoms with E-state index in [2.05, 4.69) is 79.0 Å². The average molecular weight is 303 g/mol. The molecule has 0 N–H and O–H groups in total. The first-order chi connectivity index (χ1) is 9.27. The summed E-state index contributed by atoms with van der Waals surface area (Å²) >= 11 is 0. The zero-order valence-corrected chi connectivity index (χ0v) is 16.3. The van der Waals surface area contributed by atoms with E-state index in [0.29, 0.717) is 0 Å². The molecule has 2 heteroatoms. The van der Waals surface area contributed by atoms with Crippen molar-refractivity contribution in [1.82, 2.24) is 0 Å². The summed E-state index contributed by atoms with van der Waals surface area (Å²) in [5.74, 6) is 0. The molecule has 0 heterocycles. The Labute approximate surface area is 128 Å². The highest BCUT2D eigenvalue weighted by atomic mass is 28.3. The van der Waals surface area contributed by atoms with Gasteiger partial charge >= 0.3 is 0 Å². The van der Waals surface area contributed by atoms with Crippen LogP contribution in [0.25, 0.3) is 0 Å². The molecule has 0 aromatic heterocycles. The van der Waals surface area contributed by atoms with E-state index in [1.165, 1.54) is 10.4 Å². The topological polar surface area (TPSA) is 0 Å². The SMILES string of the molecule is C=C(C)[SiH](c1ccccc1[SiH](C(=C)C)C(C)C)C(C)C. The van der Waals surface area contributed by atoms with Crippen LogP contribution in [0.1, 0.15) is 41.5 Å². The van der Waals surface area contributed by atoms with Crippen LogP contribution in [-0.4, -0.2) is 17.6 Å². The van der Waals surface area contributed by atoms with E-state index in [1.54, 1.807) is 10.4 Å². The predicted octanol–water partition coefficient (Wildman–Crippen LogP) is 3.61.